The molecule has 2 heterocycles. The van der Waals surface area contributed by atoms with Crippen LogP contribution in [0.5, 0.6) is 5.75 Å². The lowest BCUT2D eigenvalue weighted by Crippen LogP contribution is -2.51. The van der Waals surface area contributed by atoms with Gasteiger partial charge in [0, 0.05) is 44.0 Å². The summed E-state index contributed by atoms with van der Waals surface area (Å²) in [4.78, 5) is 30.8. The van der Waals surface area contributed by atoms with Crippen molar-refractivity contribution in [1.29, 1.82) is 0 Å². The number of carbonyl (C=O) groups excluding carboxylic acids is 1. The van der Waals surface area contributed by atoms with Crippen molar-refractivity contribution in [2.24, 2.45) is 0 Å². The van der Waals surface area contributed by atoms with Crippen LogP contribution in [0.15, 0.2) is 83.9 Å². The molecule has 0 radical (unpaired) electrons. The number of aliphatic hydroxyl groups is 1. The van der Waals surface area contributed by atoms with E-state index in [1.165, 1.54) is 4.68 Å². The van der Waals surface area contributed by atoms with Gasteiger partial charge in [0.1, 0.15) is 18.1 Å². The lowest BCUT2D eigenvalue weighted by atomic mass is 10.0. The van der Waals surface area contributed by atoms with Crippen molar-refractivity contribution < 1.29 is 14.6 Å². The van der Waals surface area contributed by atoms with E-state index < -0.39 is 0 Å². The Morgan fingerprint density at radius 1 is 0.977 bits per heavy atom. The number of rotatable bonds is 11. The van der Waals surface area contributed by atoms with Crippen LogP contribution in [0.3, 0.4) is 0 Å². The minimum absolute atomic E-state index is 0.000302. The molecule has 2 N–H and O–H groups in total. The molecule has 4 aromatic rings. The fraction of sp³-hybridized carbons (Fsp3) is 0.364. The van der Waals surface area contributed by atoms with Crippen LogP contribution in [0.25, 0.3) is 5.69 Å². The highest BCUT2D eigenvalue weighted by molar-refractivity contribution is 5.83. The molecule has 1 aliphatic rings. The van der Waals surface area contributed by atoms with Crippen LogP contribution in [0, 0.1) is 0 Å². The van der Waals surface area contributed by atoms with Gasteiger partial charge >= 0.3 is 5.69 Å². The first-order valence-corrected chi connectivity index (χ1v) is 14.7. The predicted molar refractivity (Wildman–Crippen MR) is 167 cm³/mol. The highest BCUT2D eigenvalue weighted by Crippen LogP contribution is 2.26. The second-order valence-corrected chi connectivity index (χ2v) is 11.0. The number of methoxy groups -OCH3 is 1. The molecule has 0 bridgehead atoms. The van der Waals surface area contributed by atoms with E-state index in [1.807, 2.05) is 86.6 Å². The van der Waals surface area contributed by atoms with Crippen LogP contribution in [-0.4, -0.2) is 70.1 Å². The zero-order valence-corrected chi connectivity index (χ0v) is 25.0. The highest BCUT2D eigenvalue weighted by atomic mass is 16.5. The summed E-state index contributed by atoms with van der Waals surface area (Å²) < 4.78 is 8.33. The van der Waals surface area contributed by atoms with E-state index in [1.54, 1.807) is 18.0 Å². The monoisotopic (exact) mass is 584 g/mol. The number of anilines is 1. The molecule has 1 amide bonds. The third-order valence-corrected chi connectivity index (χ3v) is 7.95. The topological polar surface area (TPSA) is 105 Å². The maximum atomic E-state index is 13.6. The van der Waals surface area contributed by atoms with Crippen LogP contribution in [-0.2, 0) is 17.8 Å². The zero-order valence-electron chi connectivity index (χ0n) is 25.0. The summed E-state index contributed by atoms with van der Waals surface area (Å²) >= 11 is 0. The first-order chi connectivity index (χ1) is 20.9. The van der Waals surface area contributed by atoms with E-state index in [9.17, 15) is 14.7 Å². The number of hydrogen-bond donors (Lipinski definition) is 2. The van der Waals surface area contributed by atoms with Gasteiger partial charge < -0.3 is 20.1 Å². The molecule has 10 heteroatoms. The van der Waals surface area contributed by atoms with Gasteiger partial charge in [-0.1, -0.05) is 36.4 Å². The van der Waals surface area contributed by atoms with E-state index in [-0.39, 0.29) is 30.3 Å². The largest absolute Gasteiger partial charge is 0.496 e. The zero-order chi connectivity index (χ0) is 30.3. The minimum atomic E-state index is -0.390. The first-order valence-electron chi connectivity index (χ1n) is 14.7. The molecule has 1 unspecified atom stereocenters. The summed E-state index contributed by atoms with van der Waals surface area (Å²) in [7, 11) is 1.59. The summed E-state index contributed by atoms with van der Waals surface area (Å²) in [5.74, 6) is 0.635. The molecular formula is C33H40N6O4. The van der Waals surface area contributed by atoms with Crippen molar-refractivity contribution in [3.05, 3.63) is 106 Å². The molecule has 226 valence electrons. The quantitative estimate of drug-likeness (QED) is 0.279. The van der Waals surface area contributed by atoms with Crippen LogP contribution >= 0.6 is 0 Å². The van der Waals surface area contributed by atoms with Crippen LogP contribution in [0.1, 0.15) is 42.6 Å². The summed E-state index contributed by atoms with van der Waals surface area (Å²) in [6, 6.07) is 23.2. The van der Waals surface area contributed by atoms with Gasteiger partial charge in [0.05, 0.1) is 25.4 Å². The van der Waals surface area contributed by atoms with Crippen molar-refractivity contribution in [3.63, 3.8) is 0 Å². The number of piperazine rings is 1. The number of nitrogens with one attached hydrogen (secondary N) is 1. The van der Waals surface area contributed by atoms with Gasteiger partial charge in [0.25, 0.3) is 0 Å². The molecule has 0 saturated carbocycles. The van der Waals surface area contributed by atoms with Crippen LogP contribution in [0.2, 0.25) is 0 Å². The molecule has 0 spiro atoms. The summed E-state index contributed by atoms with van der Waals surface area (Å²) in [5, 5.41) is 17.0. The van der Waals surface area contributed by atoms with Crippen LogP contribution in [0.4, 0.5) is 5.69 Å². The number of aromatic nitrogens is 3. The fourth-order valence-electron chi connectivity index (χ4n) is 5.61. The molecule has 1 aromatic heterocycles. The number of aliphatic hydroxyl groups excluding tert-OH is 1. The van der Waals surface area contributed by atoms with Gasteiger partial charge in [-0.25, -0.2) is 14.0 Å². The number of amides is 1. The molecule has 1 saturated heterocycles. The van der Waals surface area contributed by atoms with Gasteiger partial charge in [-0.15, -0.1) is 0 Å². The Hall–Kier alpha value is -4.41. The van der Waals surface area contributed by atoms with E-state index in [4.69, 9.17) is 4.74 Å². The van der Waals surface area contributed by atoms with E-state index in [0.29, 0.717) is 18.7 Å². The van der Waals surface area contributed by atoms with Gasteiger partial charge in [-0.3, -0.25) is 9.69 Å². The Labute approximate surface area is 252 Å². The Balaban J connectivity index is 1.22. The van der Waals surface area contributed by atoms with Gasteiger partial charge in [-0.05, 0) is 67.8 Å². The molecular weight excluding hydrogens is 544 g/mol. The molecule has 3 aromatic carbocycles. The van der Waals surface area contributed by atoms with Gasteiger partial charge in [-0.2, -0.15) is 5.10 Å². The molecule has 1 fully saturated rings. The van der Waals surface area contributed by atoms with E-state index in [0.717, 1.165) is 54.2 Å². The lowest BCUT2D eigenvalue weighted by Gasteiger charge is -2.39. The summed E-state index contributed by atoms with van der Waals surface area (Å²) in [6.45, 7) is 7.27. The van der Waals surface area contributed by atoms with E-state index >= 15 is 0 Å². The molecule has 43 heavy (non-hydrogen) atoms. The SMILES string of the molecule is COc1ccc(CCNC(=O)C(c2ccccc2)N2CCN(c3ccc(-n4cnn(C(C)C)c4=O)cc3)CC2)cc1CO. The second kappa shape index (κ2) is 13.7. The average molecular weight is 585 g/mol. The normalized spacial score (nSPS) is 14.6. The first kappa shape index (κ1) is 30.1. The molecule has 5 rings (SSSR count). The number of hydrogen-bond acceptors (Lipinski definition) is 7. The van der Waals surface area contributed by atoms with Crippen molar-refractivity contribution in [1.82, 2.24) is 24.6 Å². The third kappa shape index (κ3) is 6.81. The van der Waals surface area contributed by atoms with Gasteiger partial charge in [0.15, 0.2) is 0 Å². The number of carbonyl (C=O) groups is 1. The molecule has 10 nitrogen and oxygen atoms in total. The van der Waals surface area contributed by atoms with Crippen molar-refractivity contribution >= 4 is 11.6 Å². The molecule has 1 atom stereocenters. The third-order valence-electron chi connectivity index (χ3n) is 7.95. The minimum Gasteiger partial charge on any atom is -0.496 e. The fourth-order valence-corrected chi connectivity index (χ4v) is 5.61. The summed E-state index contributed by atoms with van der Waals surface area (Å²) in [6.07, 6.45) is 2.21. The predicted octanol–water partition coefficient (Wildman–Crippen LogP) is 3.34. The Morgan fingerprint density at radius 2 is 1.67 bits per heavy atom. The smallest absolute Gasteiger partial charge is 0.350 e. The average Bonchev–Trinajstić information content (AvgIpc) is 3.43. The number of benzene rings is 3. The summed E-state index contributed by atoms with van der Waals surface area (Å²) in [5.41, 5.74) is 4.44. The maximum Gasteiger partial charge on any atom is 0.350 e. The van der Waals surface area contributed by atoms with Crippen molar-refractivity contribution in [3.8, 4) is 11.4 Å². The van der Waals surface area contributed by atoms with Gasteiger partial charge in [0.2, 0.25) is 5.91 Å². The molecule has 0 aliphatic carbocycles. The Kier molecular flexibility index (Phi) is 9.58. The van der Waals surface area contributed by atoms with E-state index in [2.05, 4.69) is 20.2 Å². The number of nitrogens with zero attached hydrogens (tertiary/aromatic N) is 5. The highest BCUT2D eigenvalue weighted by Gasteiger charge is 2.30. The van der Waals surface area contributed by atoms with Crippen molar-refractivity contribution in [2.75, 3.05) is 44.7 Å². The Bertz CT molecular complexity index is 1560. The second-order valence-electron chi connectivity index (χ2n) is 11.0. The Morgan fingerprint density at radius 3 is 2.30 bits per heavy atom. The standard InChI is InChI=1S/C33H40N6O4/c1-24(2)39-33(42)38(23-35-39)29-12-10-28(11-13-29)36-17-19-37(20-18-36)31(26-7-5-4-6-8-26)32(41)34-16-15-25-9-14-30(43-3)27(21-25)22-40/h4-14,21,23-24,31,40H,15-20,22H2,1-3H3,(H,34,41). The number of ether oxygens (including phenoxy) is 1. The maximum absolute atomic E-state index is 13.6. The molecule has 1 aliphatic heterocycles. The lowest BCUT2D eigenvalue weighted by molar-refractivity contribution is -0.126. The van der Waals surface area contributed by atoms with Crippen LogP contribution < -0.4 is 20.6 Å². The van der Waals surface area contributed by atoms with Crippen molar-refractivity contribution in [2.45, 2.75) is 39.0 Å².